The molecule has 0 bridgehead atoms. The summed E-state index contributed by atoms with van der Waals surface area (Å²) < 4.78 is 58.4. The summed E-state index contributed by atoms with van der Waals surface area (Å²) in [6.45, 7) is 29.0. The Morgan fingerprint density at radius 2 is 1.20 bits per heavy atom. The van der Waals surface area contributed by atoms with Crippen molar-refractivity contribution in [1.29, 1.82) is 0 Å². The number of hydrogen-bond donors (Lipinski definition) is 0. The van der Waals surface area contributed by atoms with Gasteiger partial charge in [-0.3, -0.25) is 0 Å². The van der Waals surface area contributed by atoms with Crippen LogP contribution < -0.4 is 24.0 Å². The van der Waals surface area contributed by atoms with Crippen molar-refractivity contribution in [2.24, 2.45) is 0 Å². The molecule has 0 radical (unpaired) electrons. The van der Waals surface area contributed by atoms with Crippen LogP contribution in [0.25, 0.3) is 39.1 Å². The number of ether oxygens (including phenoxy) is 5. The highest BCUT2D eigenvalue weighted by Crippen LogP contribution is 2.60. The van der Waals surface area contributed by atoms with Crippen molar-refractivity contribution in [3.8, 4) is 39.5 Å². The second-order valence-electron chi connectivity index (χ2n) is 23.6. The summed E-state index contributed by atoms with van der Waals surface area (Å²) in [5.41, 5.74) is 9.51. The Bertz CT molecular complexity index is 2990. The van der Waals surface area contributed by atoms with Crippen molar-refractivity contribution in [2.45, 2.75) is 104 Å². The van der Waals surface area contributed by atoms with Gasteiger partial charge in [-0.2, -0.15) is 0 Å². The zero-order chi connectivity index (χ0) is 53.0. The van der Waals surface area contributed by atoms with Gasteiger partial charge < -0.3 is 51.2 Å². The largest absolute Gasteiger partial charge is 0.681 e. The smallest absolute Gasteiger partial charge is 0.495 e. The fourth-order valence-electron chi connectivity index (χ4n) is 11.1. The summed E-state index contributed by atoms with van der Waals surface area (Å²) in [5.74, 6) is 2.31. The Morgan fingerprint density at radius 3 is 1.79 bits per heavy atom. The van der Waals surface area contributed by atoms with E-state index in [1.807, 2.05) is 74.4 Å². The van der Waals surface area contributed by atoms with E-state index in [0.717, 1.165) is 76.5 Å². The average molecular weight is 1030 g/mol. The molecule has 6 aromatic carbocycles. The van der Waals surface area contributed by atoms with E-state index in [2.05, 4.69) is 133 Å². The minimum atomic E-state index is -3.68. The summed E-state index contributed by atoms with van der Waals surface area (Å²) in [7, 11) is -1.91. The molecule has 11 nitrogen and oxygen atoms in total. The van der Waals surface area contributed by atoms with Crippen LogP contribution in [-0.2, 0) is 38.2 Å². The highest BCUT2D eigenvalue weighted by atomic mass is 28.4. The topological polar surface area (TPSA) is 89.6 Å². The first-order valence-electron chi connectivity index (χ1n) is 26.7. The number of rotatable bonds is 14. The molecule has 75 heavy (non-hydrogen) atoms. The molecule has 0 N–H and O–H groups in total. The summed E-state index contributed by atoms with van der Waals surface area (Å²) in [6.07, 6.45) is 4.57. The maximum atomic E-state index is 7.87. The molecule has 396 valence electrons. The van der Waals surface area contributed by atoms with Gasteiger partial charge in [-0.1, -0.05) is 86.7 Å². The van der Waals surface area contributed by atoms with Crippen molar-refractivity contribution in [3.63, 3.8) is 0 Å². The number of nitrogens with zero attached hydrogens (tertiary/aromatic N) is 2. The van der Waals surface area contributed by atoms with Crippen LogP contribution in [0.1, 0.15) is 104 Å². The number of fused-ring (bicyclic) bond motifs is 8. The fraction of sp³-hybridized carbons (Fsp3) is 0.429. The first kappa shape index (κ1) is 52.7. The average Bonchev–Trinajstić information content (AvgIpc) is 3.62. The molecule has 1 unspecified atom stereocenters. The Labute approximate surface area is 446 Å². The summed E-state index contributed by atoms with van der Waals surface area (Å²) in [5, 5.41) is 2.12. The zero-order valence-corrected chi connectivity index (χ0v) is 47.2. The van der Waals surface area contributed by atoms with E-state index in [1.54, 1.807) is 7.11 Å². The van der Waals surface area contributed by atoms with Gasteiger partial charge in [-0.25, -0.2) is 0 Å². The van der Waals surface area contributed by atoms with Gasteiger partial charge in [-0.15, -0.1) is 0 Å². The third kappa shape index (κ3) is 10.9. The minimum Gasteiger partial charge on any atom is -0.495 e. The lowest BCUT2D eigenvalue weighted by molar-refractivity contribution is -0.135. The Morgan fingerprint density at radius 1 is 0.613 bits per heavy atom. The van der Waals surface area contributed by atoms with Gasteiger partial charge in [0.25, 0.3) is 0 Å². The van der Waals surface area contributed by atoms with Gasteiger partial charge in [0.1, 0.15) is 23.9 Å². The number of anilines is 2. The molecular weight excluding hydrogens is 957 g/mol. The molecule has 3 heterocycles. The summed E-state index contributed by atoms with van der Waals surface area (Å²) in [6, 6.07) is 39.4. The van der Waals surface area contributed by atoms with Gasteiger partial charge in [-0.05, 0) is 150 Å². The lowest BCUT2D eigenvalue weighted by Crippen LogP contribution is -2.59. The minimum absolute atomic E-state index is 0.195. The van der Waals surface area contributed by atoms with Gasteiger partial charge >= 0.3 is 9.05 Å². The van der Waals surface area contributed by atoms with E-state index in [4.69, 9.17) is 41.4 Å². The molecule has 0 aromatic heterocycles. The molecule has 1 aliphatic carbocycles. The van der Waals surface area contributed by atoms with Gasteiger partial charge in [0, 0.05) is 59.4 Å². The Hall–Kier alpha value is -5.70. The number of morpholine rings is 2. The molecule has 0 amide bonds. The van der Waals surface area contributed by atoms with Crippen LogP contribution in [0.4, 0.5) is 11.4 Å². The zero-order valence-electron chi connectivity index (χ0n) is 46.2. The standard InChI is InChI=1S/C63H76N2O9Si/c1-59(2,3)72-75(73-60(4,5)6,74-61(7,8)9)70-39-38-69-48-25-21-46(22-26-48)63(45-19-23-47(24-20-45)64-30-34-67-35-31-64)29-28-50-57-56(49-27-18-44(40-53(49)62(57,10)11)43-16-14-13-15-17-43)51-41-54(65-32-36-68-37-33-65)55(66-12)42-52(51)58(50)71-63/h13-29,40-42H,30-39H2,1-12H3. The summed E-state index contributed by atoms with van der Waals surface area (Å²) >= 11 is 0. The predicted molar refractivity (Wildman–Crippen MR) is 303 cm³/mol. The molecule has 0 saturated carbocycles. The van der Waals surface area contributed by atoms with Crippen molar-refractivity contribution in [1.82, 2.24) is 0 Å². The number of hydrogen-bond acceptors (Lipinski definition) is 11. The Balaban J connectivity index is 1.06. The van der Waals surface area contributed by atoms with Crippen LogP contribution >= 0.6 is 0 Å². The third-order valence-corrected chi connectivity index (χ3v) is 17.4. The van der Waals surface area contributed by atoms with E-state index >= 15 is 0 Å². The molecule has 2 fully saturated rings. The molecule has 12 heteroatoms. The number of benzene rings is 6. The Kier molecular flexibility index (Phi) is 14.3. The highest BCUT2D eigenvalue weighted by Gasteiger charge is 2.54. The molecular formula is C63H76N2O9Si. The molecule has 1 atom stereocenters. The van der Waals surface area contributed by atoms with Crippen LogP contribution in [-0.4, -0.2) is 98.8 Å². The lowest BCUT2D eigenvalue weighted by atomic mass is 9.76. The van der Waals surface area contributed by atoms with E-state index in [0.29, 0.717) is 32.2 Å². The normalized spacial score (nSPS) is 18.6. The monoisotopic (exact) mass is 1030 g/mol. The quantitative estimate of drug-likeness (QED) is 0.0772. The lowest BCUT2D eigenvalue weighted by Gasteiger charge is -2.41. The van der Waals surface area contributed by atoms with Crippen molar-refractivity contribution in [2.75, 3.05) is 82.7 Å². The van der Waals surface area contributed by atoms with Gasteiger partial charge in [0.05, 0.1) is 62.6 Å². The SMILES string of the molecule is COc1cc2c3c(c4c(c2cc1N1CCOCC1)-c1ccc(-c2ccccc2)cc1C4(C)C)C=CC(c1ccc(OCCO[Si](OC(C)(C)C)(OC(C)(C)C)OC(C)(C)C)cc1)(c1ccc(N2CCOCC2)cc1)O3. The van der Waals surface area contributed by atoms with Crippen molar-refractivity contribution < 1.29 is 41.4 Å². The van der Waals surface area contributed by atoms with E-state index < -0.39 is 31.5 Å². The molecule has 3 aliphatic heterocycles. The van der Waals surface area contributed by atoms with Crippen LogP contribution in [0, 0.1) is 0 Å². The van der Waals surface area contributed by atoms with Crippen LogP contribution in [0.15, 0.2) is 115 Å². The first-order chi connectivity index (χ1) is 35.7. The third-order valence-electron chi connectivity index (χ3n) is 14.3. The van der Waals surface area contributed by atoms with Gasteiger partial charge in [0.2, 0.25) is 0 Å². The highest BCUT2D eigenvalue weighted by molar-refractivity contribution is 6.54. The maximum absolute atomic E-state index is 7.87. The maximum Gasteiger partial charge on any atom is 0.681 e. The van der Waals surface area contributed by atoms with Crippen molar-refractivity contribution >= 4 is 37.3 Å². The van der Waals surface area contributed by atoms with Crippen LogP contribution in [0.2, 0.25) is 0 Å². The van der Waals surface area contributed by atoms with Gasteiger partial charge in [0.15, 0.2) is 5.60 Å². The predicted octanol–water partition coefficient (Wildman–Crippen LogP) is 13.1. The molecule has 4 aliphatic rings. The summed E-state index contributed by atoms with van der Waals surface area (Å²) in [4.78, 5) is 4.77. The molecule has 10 rings (SSSR count). The second-order valence-corrected chi connectivity index (χ2v) is 25.5. The van der Waals surface area contributed by atoms with Crippen molar-refractivity contribution in [3.05, 3.63) is 143 Å². The van der Waals surface area contributed by atoms with Crippen LogP contribution in [0.3, 0.4) is 0 Å². The van der Waals surface area contributed by atoms with E-state index in [-0.39, 0.29) is 18.6 Å². The molecule has 6 aromatic rings. The second kappa shape index (κ2) is 20.3. The first-order valence-corrected chi connectivity index (χ1v) is 28.3. The number of methoxy groups -OCH3 is 1. The fourth-order valence-corrected chi connectivity index (χ4v) is 14.0. The molecule has 0 spiro atoms. The van der Waals surface area contributed by atoms with Crippen LogP contribution in [0.5, 0.6) is 17.2 Å². The molecule has 2 saturated heterocycles. The van der Waals surface area contributed by atoms with E-state index in [1.165, 1.54) is 33.4 Å². The van der Waals surface area contributed by atoms with E-state index in [9.17, 15) is 0 Å².